The minimum Gasteiger partial charge on any atom is -0.314 e. The second-order valence-corrected chi connectivity index (χ2v) is 6.86. The van der Waals surface area contributed by atoms with E-state index in [4.69, 9.17) is 0 Å². The summed E-state index contributed by atoms with van der Waals surface area (Å²) in [5.41, 5.74) is 0.932. The molecule has 7 heteroatoms. The minimum atomic E-state index is -3.33. The quantitative estimate of drug-likeness (QED) is 0.879. The molecule has 0 unspecified atom stereocenters. The highest BCUT2D eigenvalue weighted by Crippen LogP contribution is 2.22. The molecule has 0 saturated carbocycles. The van der Waals surface area contributed by atoms with Gasteiger partial charge in [-0.05, 0) is 30.7 Å². The molecular formula is C11H16BrClN2O2S. The summed E-state index contributed by atoms with van der Waals surface area (Å²) in [4.78, 5) is 0.375. The van der Waals surface area contributed by atoms with Crippen molar-refractivity contribution in [1.82, 2.24) is 9.62 Å². The zero-order valence-corrected chi connectivity index (χ0v) is 13.2. The van der Waals surface area contributed by atoms with Gasteiger partial charge in [-0.25, -0.2) is 8.42 Å². The standard InChI is InChI=1S/C11H15BrN2O2S.ClH/c1-9-8-10(2-3-11(9)12)17(15,16)14-6-4-13-5-7-14;/h2-3,8,13H,4-7H2,1H3;1H. The summed E-state index contributed by atoms with van der Waals surface area (Å²) < 4.78 is 27.1. The highest BCUT2D eigenvalue weighted by Gasteiger charge is 2.25. The lowest BCUT2D eigenvalue weighted by molar-refractivity contribution is 0.360. The Labute approximate surface area is 122 Å². The van der Waals surface area contributed by atoms with Gasteiger partial charge in [0.25, 0.3) is 0 Å². The molecule has 1 saturated heterocycles. The molecular weight excluding hydrogens is 340 g/mol. The third kappa shape index (κ3) is 3.24. The molecule has 1 aromatic rings. The van der Waals surface area contributed by atoms with Crippen molar-refractivity contribution >= 4 is 38.4 Å². The Hall–Kier alpha value is -0.140. The SMILES string of the molecule is Cc1cc(S(=O)(=O)N2CCNCC2)ccc1Br.Cl. The number of sulfonamides is 1. The van der Waals surface area contributed by atoms with Crippen LogP contribution in [0.15, 0.2) is 27.6 Å². The van der Waals surface area contributed by atoms with Crippen molar-refractivity contribution in [2.24, 2.45) is 0 Å². The Kier molecular flexibility index (Phi) is 5.61. The largest absolute Gasteiger partial charge is 0.314 e. The Morgan fingerprint density at radius 2 is 1.89 bits per heavy atom. The maximum Gasteiger partial charge on any atom is 0.243 e. The van der Waals surface area contributed by atoms with E-state index in [1.54, 1.807) is 18.2 Å². The third-order valence-electron chi connectivity index (χ3n) is 2.84. The van der Waals surface area contributed by atoms with E-state index in [1.807, 2.05) is 6.92 Å². The average molecular weight is 356 g/mol. The molecule has 0 aliphatic carbocycles. The second kappa shape index (κ2) is 6.34. The molecule has 0 atom stereocenters. The van der Waals surface area contributed by atoms with Gasteiger partial charge in [0.15, 0.2) is 0 Å². The predicted molar refractivity (Wildman–Crippen MR) is 77.8 cm³/mol. The summed E-state index contributed by atoms with van der Waals surface area (Å²) >= 11 is 3.37. The first kappa shape index (κ1) is 15.9. The fourth-order valence-corrected chi connectivity index (χ4v) is 3.59. The summed E-state index contributed by atoms with van der Waals surface area (Å²) in [6.45, 7) is 4.40. The van der Waals surface area contributed by atoms with Crippen LogP contribution in [0.5, 0.6) is 0 Å². The van der Waals surface area contributed by atoms with Crippen molar-refractivity contribution in [3.05, 3.63) is 28.2 Å². The molecule has 0 radical (unpaired) electrons. The van der Waals surface area contributed by atoms with E-state index >= 15 is 0 Å². The minimum absolute atomic E-state index is 0. The lowest BCUT2D eigenvalue weighted by Gasteiger charge is -2.26. The number of halogens is 2. The number of piperazine rings is 1. The van der Waals surface area contributed by atoms with Crippen LogP contribution in [0.4, 0.5) is 0 Å². The number of aryl methyl sites for hydroxylation is 1. The fraction of sp³-hybridized carbons (Fsp3) is 0.455. The molecule has 2 rings (SSSR count). The van der Waals surface area contributed by atoms with E-state index in [0.29, 0.717) is 18.0 Å². The Bertz CT molecular complexity index is 516. The molecule has 102 valence electrons. The molecule has 1 heterocycles. The molecule has 18 heavy (non-hydrogen) atoms. The van der Waals surface area contributed by atoms with Gasteiger partial charge in [-0.3, -0.25) is 0 Å². The van der Waals surface area contributed by atoms with Crippen molar-refractivity contribution in [2.45, 2.75) is 11.8 Å². The van der Waals surface area contributed by atoms with Crippen molar-refractivity contribution < 1.29 is 8.42 Å². The highest BCUT2D eigenvalue weighted by molar-refractivity contribution is 9.10. The van der Waals surface area contributed by atoms with Crippen LogP contribution in [0.25, 0.3) is 0 Å². The molecule has 1 N–H and O–H groups in total. The Balaban J connectivity index is 0.00000162. The normalized spacial score (nSPS) is 17.2. The Morgan fingerprint density at radius 3 is 2.44 bits per heavy atom. The van der Waals surface area contributed by atoms with E-state index in [2.05, 4.69) is 21.2 Å². The van der Waals surface area contributed by atoms with Gasteiger partial charge in [0.1, 0.15) is 0 Å². The predicted octanol–water partition coefficient (Wildman–Crippen LogP) is 1.77. The van der Waals surface area contributed by atoms with Crippen molar-refractivity contribution in [3.8, 4) is 0 Å². The van der Waals surface area contributed by atoms with Crippen LogP contribution in [-0.2, 0) is 10.0 Å². The van der Waals surface area contributed by atoms with Crippen LogP contribution >= 0.6 is 28.3 Å². The van der Waals surface area contributed by atoms with E-state index < -0.39 is 10.0 Å². The van der Waals surface area contributed by atoms with Crippen LogP contribution in [-0.4, -0.2) is 38.9 Å². The zero-order chi connectivity index (χ0) is 12.5. The molecule has 0 amide bonds. The second-order valence-electron chi connectivity index (χ2n) is 4.07. The van der Waals surface area contributed by atoms with Gasteiger partial charge in [-0.15, -0.1) is 12.4 Å². The fourth-order valence-electron chi connectivity index (χ4n) is 1.81. The van der Waals surface area contributed by atoms with Gasteiger partial charge in [-0.2, -0.15) is 4.31 Å². The number of hydrogen-bond donors (Lipinski definition) is 1. The number of hydrogen-bond acceptors (Lipinski definition) is 3. The summed E-state index contributed by atoms with van der Waals surface area (Å²) in [5, 5.41) is 3.15. The van der Waals surface area contributed by atoms with Gasteiger partial charge < -0.3 is 5.32 Å². The molecule has 0 bridgehead atoms. The van der Waals surface area contributed by atoms with Gasteiger partial charge in [-0.1, -0.05) is 15.9 Å². The lowest BCUT2D eigenvalue weighted by atomic mass is 10.2. The maximum absolute atomic E-state index is 12.3. The average Bonchev–Trinajstić information content (AvgIpc) is 2.33. The van der Waals surface area contributed by atoms with E-state index in [9.17, 15) is 8.42 Å². The molecule has 1 aromatic carbocycles. The molecule has 0 spiro atoms. The summed E-state index contributed by atoms with van der Waals surface area (Å²) in [7, 11) is -3.33. The summed E-state index contributed by atoms with van der Waals surface area (Å²) in [6, 6.07) is 5.14. The lowest BCUT2D eigenvalue weighted by Crippen LogP contribution is -2.46. The zero-order valence-electron chi connectivity index (χ0n) is 10.0. The van der Waals surface area contributed by atoms with E-state index in [1.165, 1.54) is 4.31 Å². The van der Waals surface area contributed by atoms with Crippen LogP contribution in [0.3, 0.4) is 0 Å². The summed E-state index contributed by atoms with van der Waals surface area (Å²) in [5.74, 6) is 0. The molecule has 1 aliphatic heterocycles. The highest BCUT2D eigenvalue weighted by atomic mass is 79.9. The summed E-state index contributed by atoms with van der Waals surface area (Å²) in [6.07, 6.45) is 0. The van der Waals surface area contributed by atoms with Crippen molar-refractivity contribution in [1.29, 1.82) is 0 Å². The van der Waals surface area contributed by atoms with Gasteiger partial charge in [0, 0.05) is 30.7 Å². The van der Waals surface area contributed by atoms with Crippen molar-refractivity contribution in [2.75, 3.05) is 26.2 Å². The molecule has 1 fully saturated rings. The third-order valence-corrected chi connectivity index (χ3v) is 5.63. The smallest absolute Gasteiger partial charge is 0.243 e. The first-order chi connectivity index (χ1) is 8.01. The maximum atomic E-state index is 12.3. The first-order valence-electron chi connectivity index (χ1n) is 5.49. The first-order valence-corrected chi connectivity index (χ1v) is 7.72. The van der Waals surface area contributed by atoms with Crippen LogP contribution in [0.1, 0.15) is 5.56 Å². The van der Waals surface area contributed by atoms with Crippen LogP contribution < -0.4 is 5.32 Å². The van der Waals surface area contributed by atoms with Crippen LogP contribution in [0.2, 0.25) is 0 Å². The van der Waals surface area contributed by atoms with Gasteiger partial charge in [0.05, 0.1) is 4.90 Å². The van der Waals surface area contributed by atoms with Gasteiger partial charge in [0.2, 0.25) is 10.0 Å². The monoisotopic (exact) mass is 354 g/mol. The molecule has 4 nitrogen and oxygen atoms in total. The Morgan fingerprint density at radius 1 is 1.28 bits per heavy atom. The molecule has 1 aliphatic rings. The number of benzene rings is 1. The van der Waals surface area contributed by atoms with Crippen molar-refractivity contribution in [3.63, 3.8) is 0 Å². The van der Waals surface area contributed by atoms with Gasteiger partial charge >= 0.3 is 0 Å². The number of nitrogens with one attached hydrogen (secondary N) is 1. The number of nitrogens with zero attached hydrogens (tertiary/aromatic N) is 1. The topological polar surface area (TPSA) is 49.4 Å². The van der Waals surface area contributed by atoms with E-state index in [0.717, 1.165) is 23.1 Å². The van der Waals surface area contributed by atoms with E-state index in [-0.39, 0.29) is 12.4 Å². The molecule has 0 aromatic heterocycles. The number of rotatable bonds is 2. The van der Waals surface area contributed by atoms with Crippen LogP contribution in [0, 0.1) is 6.92 Å².